The highest BCUT2D eigenvalue weighted by atomic mass is 127. The van der Waals surface area contributed by atoms with Crippen molar-refractivity contribution in [1.29, 1.82) is 0 Å². The lowest BCUT2D eigenvalue weighted by Crippen LogP contribution is -2.22. The van der Waals surface area contributed by atoms with Gasteiger partial charge in [0.1, 0.15) is 18.2 Å². The van der Waals surface area contributed by atoms with Crippen molar-refractivity contribution in [3.63, 3.8) is 0 Å². The molecule has 3 aromatic carbocycles. The van der Waals surface area contributed by atoms with Gasteiger partial charge >= 0.3 is 0 Å². The molecule has 0 saturated heterocycles. The van der Waals surface area contributed by atoms with Crippen molar-refractivity contribution < 1.29 is 13.9 Å². The number of methoxy groups -OCH3 is 1. The summed E-state index contributed by atoms with van der Waals surface area (Å²) in [7, 11) is 1.56. The second kappa shape index (κ2) is 12.0. The Kier molecular flexibility index (Phi) is 8.73. The molecule has 36 heavy (non-hydrogen) atoms. The molecule has 186 valence electrons. The van der Waals surface area contributed by atoms with Gasteiger partial charge in [-0.1, -0.05) is 41.4 Å². The molecule has 9 heteroatoms. The molecule has 0 saturated carbocycles. The summed E-state index contributed by atoms with van der Waals surface area (Å²) in [6, 6.07) is 15.4. The summed E-state index contributed by atoms with van der Waals surface area (Å²) in [5.74, 6) is 1.37. The third-order valence-electron chi connectivity index (χ3n) is 5.48. The summed E-state index contributed by atoms with van der Waals surface area (Å²) < 4.78 is 28.0. The number of aromatic nitrogens is 2. The van der Waals surface area contributed by atoms with Gasteiger partial charge in [-0.3, -0.25) is 4.79 Å². The van der Waals surface area contributed by atoms with Gasteiger partial charge < -0.3 is 9.47 Å². The van der Waals surface area contributed by atoms with Crippen LogP contribution < -0.4 is 15.0 Å². The van der Waals surface area contributed by atoms with Crippen LogP contribution in [0.25, 0.3) is 10.9 Å². The van der Waals surface area contributed by atoms with Gasteiger partial charge in [-0.05, 0) is 82.6 Å². The number of rotatable bonds is 9. The Morgan fingerprint density at radius 3 is 2.78 bits per heavy atom. The Morgan fingerprint density at radius 2 is 2.03 bits per heavy atom. The average molecular weight is 664 g/mol. The minimum atomic E-state index is -0.312. The van der Waals surface area contributed by atoms with E-state index in [1.165, 1.54) is 16.8 Å². The van der Waals surface area contributed by atoms with Gasteiger partial charge in [0.2, 0.25) is 0 Å². The van der Waals surface area contributed by atoms with Crippen LogP contribution in [0.4, 0.5) is 4.39 Å². The van der Waals surface area contributed by atoms with Crippen LogP contribution in [0.1, 0.15) is 36.7 Å². The molecule has 0 aliphatic rings. The zero-order valence-electron chi connectivity index (χ0n) is 19.8. The number of fused-ring (bicyclic) bond motifs is 1. The van der Waals surface area contributed by atoms with Crippen LogP contribution in [0, 0.1) is 9.39 Å². The molecule has 0 fully saturated rings. The van der Waals surface area contributed by atoms with E-state index in [0.717, 1.165) is 26.4 Å². The van der Waals surface area contributed by atoms with Crippen molar-refractivity contribution in [1.82, 2.24) is 9.66 Å². The van der Waals surface area contributed by atoms with E-state index in [4.69, 9.17) is 14.5 Å². The molecule has 4 rings (SSSR count). The third kappa shape index (κ3) is 6.12. The fourth-order valence-corrected chi connectivity index (χ4v) is 4.81. The Bertz CT molecular complexity index is 1490. The highest BCUT2D eigenvalue weighted by Gasteiger charge is 2.14. The van der Waals surface area contributed by atoms with Gasteiger partial charge in [-0.2, -0.15) is 9.78 Å². The number of nitrogens with zero attached hydrogens (tertiary/aromatic N) is 3. The van der Waals surface area contributed by atoms with E-state index in [9.17, 15) is 9.18 Å². The van der Waals surface area contributed by atoms with Gasteiger partial charge in [0.25, 0.3) is 5.56 Å². The molecule has 0 spiro atoms. The lowest BCUT2D eigenvalue weighted by Gasteiger charge is -2.14. The Labute approximate surface area is 230 Å². The predicted molar refractivity (Wildman–Crippen MR) is 152 cm³/mol. The van der Waals surface area contributed by atoms with E-state index in [0.29, 0.717) is 40.2 Å². The molecule has 0 unspecified atom stereocenters. The van der Waals surface area contributed by atoms with Crippen LogP contribution in [0.15, 0.2) is 69.0 Å². The van der Waals surface area contributed by atoms with Crippen molar-refractivity contribution in [2.45, 2.75) is 32.8 Å². The Morgan fingerprint density at radius 1 is 1.19 bits per heavy atom. The van der Waals surface area contributed by atoms with Crippen molar-refractivity contribution >= 4 is 55.6 Å². The molecule has 1 heterocycles. The maximum absolute atomic E-state index is 13.5. The van der Waals surface area contributed by atoms with Gasteiger partial charge in [0, 0.05) is 10.9 Å². The quantitative estimate of drug-likeness (QED) is 0.147. The first-order valence-electron chi connectivity index (χ1n) is 11.4. The third-order valence-corrected chi connectivity index (χ3v) is 6.77. The second-order valence-electron chi connectivity index (χ2n) is 8.11. The van der Waals surface area contributed by atoms with Crippen LogP contribution in [0.3, 0.4) is 0 Å². The normalized spacial score (nSPS) is 11.4. The SMILES string of the molecule is CCCCc1nc2ccc(Br)cc2c(=O)n1N=Cc1cc(I)c(OCc2cccc(F)c2)c(OC)c1. The lowest BCUT2D eigenvalue weighted by atomic mass is 10.2. The molecule has 0 N–H and O–H groups in total. The molecule has 0 aliphatic carbocycles. The van der Waals surface area contributed by atoms with Crippen LogP contribution in [-0.2, 0) is 13.0 Å². The average Bonchev–Trinajstić information content (AvgIpc) is 2.86. The molecule has 0 bridgehead atoms. The molecule has 6 nitrogen and oxygen atoms in total. The van der Waals surface area contributed by atoms with Crippen LogP contribution in [0.2, 0.25) is 0 Å². The van der Waals surface area contributed by atoms with E-state index >= 15 is 0 Å². The van der Waals surface area contributed by atoms with E-state index in [-0.39, 0.29) is 18.0 Å². The van der Waals surface area contributed by atoms with E-state index in [1.807, 2.05) is 18.2 Å². The minimum absolute atomic E-state index is 0.200. The summed E-state index contributed by atoms with van der Waals surface area (Å²) in [5, 5.41) is 5.01. The van der Waals surface area contributed by atoms with E-state index < -0.39 is 0 Å². The minimum Gasteiger partial charge on any atom is -0.493 e. The number of hydrogen-bond acceptors (Lipinski definition) is 5. The Hall–Kier alpha value is -2.79. The summed E-state index contributed by atoms with van der Waals surface area (Å²) in [6.07, 6.45) is 4.13. The standard InChI is InChI=1S/C27H24BrFIN3O3/c1-3-4-8-25-32-23-10-9-19(28)14-21(23)27(34)33(25)31-15-18-12-22(30)26(24(13-18)35-2)36-16-17-6-5-7-20(29)11-17/h5-7,9-15H,3-4,8,16H2,1-2H3. The molecule has 0 aliphatic heterocycles. The van der Waals surface area contributed by atoms with Crippen LogP contribution >= 0.6 is 38.5 Å². The highest BCUT2D eigenvalue weighted by molar-refractivity contribution is 14.1. The van der Waals surface area contributed by atoms with Crippen LogP contribution in [0.5, 0.6) is 11.5 Å². The largest absolute Gasteiger partial charge is 0.493 e. The maximum Gasteiger partial charge on any atom is 0.282 e. The first-order chi connectivity index (χ1) is 17.4. The summed E-state index contributed by atoms with van der Waals surface area (Å²) in [4.78, 5) is 18.0. The highest BCUT2D eigenvalue weighted by Crippen LogP contribution is 2.34. The number of aryl methyl sites for hydroxylation is 1. The molecule has 1 aromatic heterocycles. The molecular formula is C27H24BrFIN3O3. The molecule has 4 aromatic rings. The molecule has 0 radical (unpaired) electrons. The monoisotopic (exact) mass is 663 g/mol. The van der Waals surface area contributed by atoms with Crippen LogP contribution in [-0.4, -0.2) is 23.0 Å². The number of unbranched alkanes of at least 4 members (excludes halogenated alkanes) is 1. The Balaban J connectivity index is 1.67. The van der Waals surface area contributed by atoms with Gasteiger partial charge in [0.15, 0.2) is 11.5 Å². The summed E-state index contributed by atoms with van der Waals surface area (Å²) in [6.45, 7) is 2.29. The first-order valence-corrected chi connectivity index (χ1v) is 13.3. The molecule has 0 atom stereocenters. The van der Waals surface area contributed by atoms with Gasteiger partial charge in [-0.25, -0.2) is 9.37 Å². The molecule has 0 amide bonds. The zero-order chi connectivity index (χ0) is 25.7. The lowest BCUT2D eigenvalue weighted by molar-refractivity contribution is 0.282. The number of hydrogen-bond donors (Lipinski definition) is 0. The van der Waals surface area contributed by atoms with Gasteiger partial charge in [-0.15, -0.1) is 0 Å². The van der Waals surface area contributed by atoms with Crippen molar-refractivity contribution in [3.8, 4) is 11.5 Å². The van der Waals surface area contributed by atoms with Crippen molar-refractivity contribution in [2.24, 2.45) is 5.10 Å². The van der Waals surface area contributed by atoms with Crippen molar-refractivity contribution in [3.05, 3.63) is 95.8 Å². The smallest absolute Gasteiger partial charge is 0.282 e. The fraction of sp³-hybridized carbons (Fsp3) is 0.222. The van der Waals surface area contributed by atoms with E-state index in [1.54, 1.807) is 37.6 Å². The first kappa shape index (κ1) is 26.3. The topological polar surface area (TPSA) is 65.7 Å². The summed E-state index contributed by atoms with van der Waals surface area (Å²) in [5.41, 5.74) is 1.88. The summed E-state index contributed by atoms with van der Waals surface area (Å²) >= 11 is 5.59. The number of ether oxygens (including phenoxy) is 2. The van der Waals surface area contributed by atoms with E-state index in [2.05, 4.69) is 50.5 Å². The number of benzene rings is 3. The molecular weight excluding hydrogens is 640 g/mol. The second-order valence-corrected chi connectivity index (χ2v) is 10.2. The predicted octanol–water partition coefficient (Wildman–Crippen LogP) is 6.72. The fourth-order valence-electron chi connectivity index (χ4n) is 3.67. The van der Waals surface area contributed by atoms with Crippen molar-refractivity contribution in [2.75, 3.05) is 7.11 Å². The van der Waals surface area contributed by atoms with Gasteiger partial charge in [0.05, 0.1) is 27.8 Å². The maximum atomic E-state index is 13.5. The zero-order valence-corrected chi connectivity index (χ0v) is 23.5. The number of halogens is 3.